The molecule has 4 aliphatic heterocycles. The molecule has 1 aliphatic carbocycles. The van der Waals surface area contributed by atoms with Crippen LogP contribution in [0.2, 0.25) is 0 Å². The van der Waals surface area contributed by atoms with Gasteiger partial charge in [-0.25, -0.2) is 0 Å². The number of amides is 6. The summed E-state index contributed by atoms with van der Waals surface area (Å²) in [6.07, 6.45) is 0.883. The van der Waals surface area contributed by atoms with Crippen LogP contribution >= 0.6 is 23.5 Å². The molecule has 0 spiro atoms. The van der Waals surface area contributed by atoms with Crippen molar-refractivity contribution in [1.82, 2.24) is 25.8 Å². The summed E-state index contributed by atoms with van der Waals surface area (Å²) in [4.78, 5) is 170. The van der Waals surface area contributed by atoms with Gasteiger partial charge in [-0.3, -0.25) is 57.5 Å². The number of likely N-dealkylation sites (tertiary alicyclic amines) is 2. The molecule has 5 aliphatic rings. The molecule has 6 amide bonds. The SMILES string of the molecule is CC[C@H](C)C(N)C(=O)N1CCC[C@H]1C(=O)N1CCC[C@H]1C(=O)C[C@@H](CCCCN)C(=O)N[C@@H](Cc1ccc(O)cc1)C(=O)C[C@H]1CSCc2ccc(cc2)CSC[C@@H](C(=O)O)C2CC(C)CC(NC(=O)[C@H](CCC(N)=O)CC(=O)[C@H](CCC(=O)O)NC1=O)C2=O. The molecule has 25 heteroatoms. The van der Waals surface area contributed by atoms with Crippen molar-refractivity contribution in [3.05, 3.63) is 65.2 Å². The van der Waals surface area contributed by atoms with Crippen LogP contribution in [-0.4, -0.2) is 163 Å². The molecule has 1 saturated carbocycles. The van der Waals surface area contributed by atoms with Gasteiger partial charge in [-0.15, -0.1) is 0 Å². The standard InChI is InChI=1S/C65H92N8O15S2/c1-4-38(3)58(68)64(86)73-26-8-11-52(73)63(85)72-25-7-10-51(72)55(77)31-42(9-5-6-24-66)60(82)70-49(29-39-16-19-45(74)20-17-39)54(76)32-44-35-89-33-40-12-14-41(15-13-40)34-90-36-47(65(87)88)46-27-37(2)28-50(59(46)81)71-61(83)43(18-22-56(67)78)30-53(75)48(69-62(44)84)21-23-57(79)80/h12-17,19-20,37-38,42-44,46-52,58,74H,4-11,18,21-36,66,68H2,1-3H3,(H2,67,78)(H,69,84)(H,70,82)(H,71,83)(H,79,80)(H,87,88)/t37?,38-,42+,43+,44-,46?,47+,48-,49-,50?,51-,52-,58?/m0/s1. The third-order valence-corrected chi connectivity index (χ3v) is 20.5. The first kappa shape index (κ1) is 72.4. The maximum Gasteiger partial charge on any atom is 0.308 e. The van der Waals surface area contributed by atoms with Crippen LogP contribution in [0, 0.1) is 41.4 Å². The summed E-state index contributed by atoms with van der Waals surface area (Å²) < 4.78 is 0. The lowest BCUT2D eigenvalue weighted by atomic mass is 9.73. The average molecular weight is 1290 g/mol. The number of rotatable bonds is 25. The van der Waals surface area contributed by atoms with Crippen LogP contribution in [0.3, 0.4) is 0 Å². The van der Waals surface area contributed by atoms with E-state index in [1.54, 1.807) is 12.1 Å². The zero-order valence-corrected chi connectivity index (χ0v) is 53.6. The number of hydrogen-bond acceptors (Lipinski definition) is 17. The molecule has 3 fully saturated rings. The van der Waals surface area contributed by atoms with Crippen molar-refractivity contribution in [3.63, 3.8) is 0 Å². The second kappa shape index (κ2) is 35.2. The number of carbonyl (C=O) groups excluding carboxylic acids is 10. The summed E-state index contributed by atoms with van der Waals surface area (Å²) in [5.41, 5.74) is 20.0. The van der Waals surface area contributed by atoms with E-state index in [-0.39, 0.29) is 98.2 Å². The number of nitrogens with zero attached hydrogens (tertiary/aromatic N) is 2. The molecule has 2 saturated heterocycles. The minimum atomic E-state index is -1.54. The molecule has 494 valence electrons. The number of primary amides is 1. The highest BCUT2D eigenvalue weighted by molar-refractivity contribution is 7.98. The molecule has 4 heterocycles. The van der Waals surface area contributed by atoms with Crippen molar-refractivity contribution in [1.29, 1.82) is 0 Å². The first-order chi connectivity index (χ1) is 42.9. The fourth-order valence-corrected chi connectivity index (χ4v) is 14.9. The largest absolute Gasteiger partial charge is 0.508 e. The van der Waals surface area contributed by atoms with E-state index in [9.17, 15) is 68.1 Å². The fourth-order valence-electron chi connectivity index (χ4n) is 12.6. The quantitative estimate of drug-likeness (QED) is 0.0628. The Morgan fingerprint density at radius 1 is 0.789 bits per heavy atom. The maximum atomic E-state index is 15.1. The second-order valence-electron chi connectivity index (χ2n) is 25.0. The number of Topliss-reactive ketones (excluding diaryl/α,β-unsaturated/α-hetero) is 4. The summed E-state index contributed by atoms with van der Waals surface area (Å²) in [6, 6.07) is 7.01. The number of thioether (sulfide) groups is 2. The van der Waals surface area contributed by atoms with Crippen molar-refractivity contribution in [2.75, 3.05) is 31.1 Å². The molecule has 12 N–H and O–H groups in total. The van der Waals surface area contributed by atoms with E-state index in [1.807, 2.05) is 45.0 Å². The normalized spacial score (nSPS) is 25.3. The number of carboxylic acids is 2. The van der Waals surface area contributed by atoms with Gasteiger partial charge in [0.15, 0.2) is 23.1 Å². The molecule has 4 unspecified atom stereocenters. The van der Waals surface area contributed by atoms with E-state index in [4.69, 9.17) is 17.2 Å². The van der Waals surface area contributed by atoms with Crippen molar-refractivity contribution in [2.24, 2.45) is 58.6 Å². The molecule has 2 aromatic rings. The molecule has 7 rings (SSSR count). The maximum absolute atomic E-state index is 15.1. The Hall–Kier alpha value is -6.70. The number of ketones is 4. The highest BCUT2D eigenvalue weighted by Gasteiger charge is 2.46. The van der Waals surface area contributed by atoms with Gasteiger partial charge in [0.05, 0.1) is 42.0 Å². The van der Waals surface area contributed by atoms with Gasteiger partial charge in [0.25, 0.3) is 0 Å². The van der Waals surface area contributed by atoms with Crippen LogP contribution in [0.5, 0.6) is 5.75 Å². The van der Waals surface area contributed by atoms with Gasteiger partial charge in [0, 0.05) is 86.0 Å². The summed E-state index contributed by atoms with van der Waals surface area (Å²) in [5, 5.41) is 38.8. The number of aliphatic carboxylic acids is 2. The molecule has 23 nitrogen and oxygen atoms in total. The fraction of sp³-hybridized carbons (Fsp3) is 0.631. The van der Waals surface area contributed by atoms with Crippen LogP contribution < -0.4 is 33.2 Å². The molecule has 4 bridgehead atoms. The number of nitrogens with one attached hydrogen (secondary N) is 3. The van der Waals surface area contributed by atoms with Crippen LogP contribution in [0.4, 0.5) is 0 Å². The summed E-state index contributed by atoms with van der Waals surface area (Å²) >= 11 is 2.64. The predicted octanol–water partition coefficient (Wildman–Crippen LogP) is 4.23. The number of benzene rings is 2. The Morgan fingerprint density at radius 3 is 2.04 bits per heavy atom. The lowest BCUT2D eigenvalue weighted by molar-refractivity contribution is -0.148. The minimum Gasteiger partial charge on any atom is -0.508 e. The number of fused-ring (bicyclic) bond motifs is 16. The van der Waals surface area contributed by atoms with Gasteiger partial charge < -0.3 is 58.3 Å². The Bertz CT molecular complexity index is 2880. The van der Waals surface area contributed by atoms with E-state index in [2.05, 4.69) is 16.0 Å². The lowest BCUT2D eigenvalue weighted by Gasteiger charge is -2.36. The number of carbonyl (C=O) groups is 12. The number of unbranched alkanes of at least 4 members (excludes halogenated alkanes) is 1. The van der Waals surface area contributed by atoms with Crippen LogP contribution in [-0.2, 0) is 75.5 Å². The topological polar surface area (TPSA) is 386 Å². The third kappa shape index (κ3) is 20.9. The Balaban J connectivity index is 1.29. The van der Waals surface area contributed by atoms with Crippen LogP contribution in [0.15, 0.2) is 48.5 Å². The van der Waals surface area contributed by atoms with E-state index in [1.165, 1.54) is 45.5 Å². The van der Waals surface area contributed by atoms with Gasteiger partial charge in [-0.2, -0.15) is 23.5 Å². The Kier molecular flexibility index (Phi) is 28.3. The molecule has 13 atom stereocenters. The van der Waals surface area contributed by atoms with Crippen molar-refractivity contribution in [2.45, 2.75) is 184 Å². The van der Waals surface area contributed by atoms with Crippen molar-refractivity contribution in [3.8, 4) is 5.75 Å². The zero-order chi connectivity index (χ0) is 65.8. The van der Waals surface area contributed by atoms with Gasteiger partial charge in [0.1, 0.15) is 11.8 Å². The number of phenolic OH excluding ortho intramolecular Hbond substituents is 1. The summed E-state index contributed by atoms with van der Waals surface area (Å²) in [6.45, 7) is 6.60. The minimum absolute atomic E-state index is 0.0333. The predicted molar refractivity (Wildman–Crippen MR) is 339 cm³/mol. The number of nitrogens with two attached hydrogens (primary N) is 3. The number of carboxylic acid groups (broad SMARTS) is 2. The van der Waals surface area contributed by atoms with Crippen LogP contribution in [0.25, 0.3) is 0 Å². The molecular weight excluding hydrogens is 1200 g/mol. The van der Waals surface area contributed by atoms with Crippen LogP contribution in [0.1, 0.15) is 147 Å². The molecule has 0 aromatic heterocycles. The van der Waals surface area contributed by atoms with Crippen molar-refractivity contribution < 1.29 is 72.9 Å². The smallest absolute Gasteiger partial charge is 0.308 e. The van der Waals surface area contributed by atoms with E-state index in [0.717, 1.165) is 11.1 Å². The number of aromatic hydroxyl groups is 1. The van der Waals surface area contributed by atoms with Gasteiger partial charge in [0.2, 0.25) is 35.4 Å². The molecule has 2 aromatic carbocycles. The number of phenols is 1. The second-order valence-corrected chi connectivity index (χ2v) is 27.1. The highest BCUT2D eigenvalue weighted by atomic mass is 32.2. The first-order valence-electron chi connectivity index (χ1n) is 31.7. The van der Waals surface area contributed by atoms with Crippen molar-refractivity contribution >= 4 is 94.0 Å². The molecule has 90 heavy (non-hydrogen) atoms. The lowest BCUT2D eigenvalue weighted by Crippen LogP contribution is -2.55. The average Bonchev–Trinajstić information content (AvgIpc) is 1.80. The number of hydrogen-bond donors (Lipinski definition) is 9. The summed E-state index contributed by atoms with van der Waals surface area (Å²) in [7, 11) is 0. The van der Waals surface area contributed by atoms with Gasteiger partial charge in [-0.05, 0) is 118 Å². The molecular formula is C65H92N8O15S2. The Labute approximate surface area is 535 Å². The third-order valence-electron chi connectivity index (χ3n) is 18.2. The zero-order valence-electron chi connectivity index (χ0n) is 52.0. The van der Waals surface area contributed by atoms with E-state index in [0.29, 0.717) is 75.1 Å². The highest BCUT2D eigenvalue weighted by Crippen LogP contribution is 2.36. The van der Waals surface area contributed by atoms with E-state index < -0.39 is 144 Å². The monoisotopic (exact) mass is 1290 g/mol. The first-order valence-corrected chi connectivity index (χ1v) is 34.0. The molecule has 0 radical (unpaired) electrons. The van der Waals surface area contributed by atoms with Gasteiger partial charge >= 0.3 is 11.9 Å². The van der Waals surface area contributed by atoms with E-state index >= 15 is 4.79 Å². The summed E-state index contributed by atoms with van der Waals surface area (Å²) in [5.74, 6) is -13.5. The van der Waals surface area contributed by atoms with Gasteiger partial charge in [-0.1, -0.05) is 70.0 Å². The Morgan fingerprint density at radius 2 is 1.42 bits per heavy atom.